The van der Waals surface area contributed by atoms with E-state index in [1.165, 1.54) is 0 Å². The third-order valence-electron chi connectivity index (χ3n) is 4.33. The van der Waals surface area contributed by atoms with Crippen LogP contribution in [-0.2, 0) is 7.05 Å². The number of hydrogen-bond acceptors (Lipinski definition) is 4. The van der Waals surface area contributed by atoms with Crippen molar-refractivity contribution < 1.29 is 9.53 Å². The standard InChI is InChI=1S/C19H26N4O2/c1-14(2)13-25-16-6-4-5-15(11-16)19(24)23-10-7-20-12-17(23)18-21-8-9-22(18)3/h4-6,8-9,11,14,17,20H,7,10,12-13H2,1-3H3. The van der Waals surface area contributed by atoms with E-state index in [2.05, 4.69) is 24.1 Å². The van der Waals surface area contributed by atoms with Crippen molar-refractivity contribution in [3.8, 4) is 5.75 Å². The smallest absolute Gasteiger partial charge is 0.254 e. The molecule has 1 saturated heterocycles. The summed E-state index contributed by atoms with van der Waals surface area (Å²) in [7, 11) is 1.96. The second-order valence-corrected chi connectivity index (χ2v) is 6.85. The predicted octanol–water partition coefficient (Wildman–Crippen LogP) is 2.24. The van der Waals surface area contributed by atoms with Crippen LogP contribution in [0.15, 0.2) is 36.7 Å². The van der Waals surface area contributed by atoms with Crippen molar-refractivity contribution in [3.63, 3.8) is 0 Å². The Morgan fingerprint density at radius 1 is 1.44 bits per heavy atom. The van der Waals surface area contributed by atoms with Crippen LogP contribution in [0.5, 0.6) is 5.75 Å². The lowest BCUT2D eigenvalue weighted by atomic mass is 10.1. The minimum Gasteiger partial charge on any atom is -0.493 e. The number of benzene rings is 1. The van der Waals surface area contributed by atoms with Gasteiger partial charge in [-0.3, -0.25) is 4.79 Å². The number of carbonyl (C=O) groups is 1. The molecule has 134 valence electrons. The van der Waals surface area contributed by atoms with Gasteiger partial charge in [0.2, 0.25) is 0 Å². The topological polar surface area (TPSA) is 59.4 Å². The molecule has 1 aliphatic rings. The third kappa shape index (κ3) is 4.02. The number of nitrogens with zero attached hydrogens (tertiary/aromatic N) is 3. The zero-order chi connectivity index (χ0) is 17.8. The van der Waals surface area contributed by atoms with Crippen molar-refractivity contribution in [1.29, 1.82) is 0 Å². The van der Waals surface area contributed by atoms with Gasteiger partial charge < -0.3 is 19.5 Å². The van der Waals surface area contributed by atoms with Gasteiger partial charge in [-0.05, 0) is 24.1 Å². The SMILES string of the molecule is CC(C)COc1cccc(C(=O)N2CCNCC2c2nccn2C)c1. The molecule has 1 aromatic heterocycles. The van der Waals surface area contributed by atoms with E-state index in [-0.39, 0.29) is 11.9 Å². The van der Waals surface area contributed by atoms with Crippen LogP contribution in [0, 0.1) is 5.92 Å². The number of imidazole rings is 1. The number of aryl methyl sites for hydroxylation is 1. The molecule has 1 unspecified atom stereocenters. The maximum Gasteiger partial charge on any atom is 0.254 e. The first-order chi connectivity index (χ1) is 12.1. The van der Waals surface area contributed by atoms with Crippen LogP contribution in [0.2, 0.25) is 0 Å². The average Bonchev–Trinajstić information content (AvgIpc) is 3.05. The fraction of sp³-hybridized carbons (Fsp3) is 0.474. The Morgan fingerprint density at radius 3 is 3.00 bits per heavy atom. The van der Waals surface area contributed by atoms with Gasteiger partial charge in [0.15, 0.2) is 0 Å². The summed E-state index contributed by atoms with van der Waals surface area (Å²) in [6, 6.07) is 7.39. The highest BCUT2D eigenvalue weighted by molar-refractivity contribution is 5.95. The summed E-state index contributed by atoms with van der Waals surface area (Å²) in [6.07, 6.45) is 3.68. The van der Waals surface area contributed by atoms with Gasteiger partial charge in [0.1, 0.15) is 17.6 Å². The minimum absolute atomic E-state index is 0.0181. The number of hydrogen-bond donors (Lipinski definition) is 1. The van der Waals surface area contributed by atoms with Gasteiger partial charge in [0, 0.05) is 44.6 Å². The number of ether oxygens (including phenoxy) is 1. The van der Waals surface area contributed by atoms with E-state index in [9.17, 15) is 4.79 Å². The van der Waals surface area contributed by atoms with E-state index in [0.29, 0.717) is 31.2 Å². The van der Waals surface area contributed by atoms with Crippen LogP contribution in [-0.4, -0.2) is 46.6 Å². The fourth-order valence-electron chi connectivity index (χ4n) is 3.02. The molecule has 2 aromatic rings. The molecule has 0 spiro atoms. The molecule has 1 aliphatic heterocycles. The second-order valence-electron chi connectivity index (χ2n) is 6.85. The maximum atomic E-state index is 13.1. The second kappa shape index (κ2) is 7.70. The number of carbonyl (C=O) groups excluding carboxylic acids is 1. The van der Waals surface area contributed by atoms with Gasteiger partial charge in [-0.1, -0.05) is 19.9 Å². The zero-order valence-corrected chi connectivity index (χ0v) is 15.1. The molecule has 1 fully saturated rings. The minimum atomic E-state index is -0.0681. The van der Waals surface area contributed by atoms with E-state index in [1.54, 1.807) is 6.20 Å². The Morgan fingerprint density at radius 2 is 2.28 bits per heavy atom. The number of piperazine rings is 1. The molecular weight excluding hydrogens is 316 g/mol. The Balaban J connectivity index is 1.81. The van der Waals surface area contributed by atoms with Crippen LogP contribution in [0.3, 0.4) is 0 Å². The predicted molar refractivity (Wildman–Crippen MR) is 96.6 cm³/mol. The van der Waals surface area contributed by atoms with Crippen molar-refractivity contribution >= 4 is 5.91 Å². The molecule has 0 saturated carbocycles. The average molecular weight is 342 g/mol. The molecule has 0 bridgehead atoms. The lowest BCUT2D eigenvalue weighted by Crippen LogP contribution is -2.49. The van der Waals surface area contributed by atoms with Gasteiger partial charge in [0.05, 0.1) is 6.61 Å². The Kier molecular flexibility index (Phi) is 5.38. The molecule has 25 heavy (non-hydrogen) atoms. The first-order valence-electron chi connectivity index (χ1n) is 8.78. The van der Waals surface area contributed by atoms with E-state index in [0.717, 1.165) is 18.1 Å². The maximum absolute atomic E-state index is 13.1. The normalized spacial score (nSPS) is 17.8. The van der Waals surface area contributed by atoms with Crippen LogP contribution in [0.1, 0.15) is 36.1 Å². The molecule has 0 radical (unpaired) electrons. The highest BCUT2D eigenvalue weighted by atomic mass is 16.5. The van der Waals surface area contributed by atoms with E-state index >= 15 is 0 Å². The molecule has 3 rings (SSSR count). The van der Waals surface area contributed by atoms with Crippen molar-refractivity contribution in [1.82, 2.24) is 19.8 Å². The highest BCUT2D eigenvalue weighted by Gasteiger charge is 2.31. The number of nitrogens with one attached hydrogen (secondary N) is 1. The largest absolute Gasteiger partial charge is 0.493 e. The molecular formula is C19H26N4O2. The summed E-state index contributed by atoms with van der Waals surface area (Å²) in [5, 5.41) is 3.36. The van der Waals surface area contributed by atoms with Crippen LogP contribution in [0.4, 0.5) is 0 Å². The molecule has 6 nitrogen and oxygen atoms in total. The first kappa shape index (κ1) is 17.5. The summed E-state index contributed by atoms with van der Waals surface area (Å²) in [5.41, 5.74) is 0.655. The molecule has 1 atom stereocenters. The summed E-state index contributed by atoms with van der Waals surface area (Å²) in [6.45, 7) is 7.01. The third-order valence-corrected chi connectivity index (χ3v) is 4.33. The number of rotatable bonds is 5. The summed E-state index contributed by atoms with van der Waals surface area (Å²) < 4.78 is 7.74. The summed E-state index contributed by atoms with van der Waals surface area (Å²) >= 11 is 0. The molecule has 1 amide bonds. The highest BCUT2D eigenvalue weighted by Crippen LogP contribution is 2.24. The van der Waals surface area contributed by atoms with Crippen molar-refractivity contribution in [2.45, 2.75) is 19.9 Å². The lowest BCUT2D eigenvalue weighted by Gasteiger charge is -2.35. The fourth-order valence-corrected chi connectivity index (χ4v) is 3.02. The lowest BCUT2D eigenvalue weighted by molar-refractivity contribution is 0.0620. The van der Waals surface area contributed by atoms with Gasteiger partial charge in [0.25, 0.3) is 5.91 Å². The van der Waals surface area contributed by atoms with Gasteiger partial charge in [-0.25, -0.2) is 4.98 Å². The van der Waals surface area contributed by atoms with Crippen LogP contribution in [0.25, 0.3) is 0 Å². The zero-order valence-electron chi connectivity index (χ0n) is 15.1. The molecule has 6 heteroatoms. The number of amides is 1. The Hall–Kier alpha value is -2.34. The van der Waals surface area contributed by atoms with Gasteiger partial charge in [-0.2, -0.15) is 0 Å². The van der Waals surface area contributed by atoms with Crippen molar-refractivity contribution in [2.75, 3.05) is 26.2 Å². The molecule has 0 aliphatic carbocycles. The molecule has 1 aromatic carbocycles. The van der Waals surface area contributed by atoms with E-state index in [4.69, 9.17) is 4.74 Å². The summed E-state index contributed by atoms with van der Waals surface area (Å²) in [5.74, 6) is 2.10. The quantitative estimate of drug-likeness (QED) is 0.905. The summed E-state index contributed by atoms with van der Waals surface area (Å²) in [4.78, 5) is 19.5. The van der Waals surface area contributed by atoms with Crippen molar-refractivity contribution in [2.24, 2.45) is 13.0 Å². The van der Waals surface area contributed by atoms with Gasteiger partial charge in [-0.15, -0.1) is 0 Å². The van der Waals surface area contributed by atoms with E-state index < -0.39 is 0 Å². The van der Waals surface area contributed by atoms with E-state index in [1.807, 2.05) is 47.0 Å². The van der Waals surface area contributed by atoms with Gasteiger partial charge >= 0.3 is 0 Å². The Labute approximate surface area is 148 Å². The van der Waals surface area contributed by atoms with Crippen molar-refractivity contribution in [3.05, 3.63) is 48.0 Å². The first-order valence-corrected chi connectivity index (χ1v) is 8.78. The Bertz CT molecular complexity index is 726. The monoisotopic (exact) mass is 342 g/mol. The van der Waals surface area contributed by atoms with Crippen LogP contribution >= 0.6 is 0 Å². The molecule has 1 N–H and O–H groups in total. The van der Waals surface area contributed by atoms with Crippen LogP contribution < -0.4 is 10.1 Å². The molecule has 2 heterocycles. The number of aromatic nitrogens is 2.